The summed E-state index contributed by atoms with van der Waals surface area (Å²) >= 11 is 0. The van der Waals surface area contributed by atoms with Gasteiger partial charge in [0.25, 0.3) is 0 Å². The maximum Gasteiger partial charge on any atom is 0.699 e. The number of benzene rings is 3. The van der Waals surface area contributed by atoms with Crippen molar-refractivity contribution in [2.75, 3.05) is 19.8 Å². The smallest absolute Gasteiger partial charge is 0.483 e. The van der Waals surface area contributed by atoms with Crippen LogP contribution in [0.3, 0.4) is 0 Å². The summed E-state index contributed by atoms with van der Waals surface area (Å²) in [6, 6.07) is 29.1. The number of para-hydroxylation sites is 3. The first-order chi connectivity index (χ1) is 16.2. The highest BCUT2D eigenvalue weighted by Crippen LogP contribution is 2.27. The van der Waals surface area contributed by atoms with Crippen LogP contribution in [0.2, 0.25) is 6.04 Å². The van der Waals surface area contributed by atoms with E-state index in [0.717, 1.165) is 6.08 Å². The first kappa shape index (κ1) is 24.1. The molecule has 3 aromatic carbocycles. The van der Waals surface area contributed by atoms with Crippen molar-refractivity contribution >= 4 is 14.8 Å². The Kier molecular flexibility index (Phi) is 9.57. The summed E-state index contributed by atoms with van der Waals surface area (Å²) in [6.07, 6.45) is 1.76. The molecular formula is C26H28O6Si. The van der Waals surface area contributed by atoms with Crippen LogP contribution in [0.5, 0.6) is 17.2 Å². The van der Waals surface area contributed by atoms with Crippen molar-refractivity contribution in [2.45, 2.75) is 12.5 Å². The zero-order valence-corrected chi connectivity index (χ0v) is 19.4. The standard InChI is InChI=1S/C26H28O6Si/c1-2-26(27)29-21-20-28-19-12-22-33(30-23-13-6-3-7-14-23,31-24-15-8-4-9-16-24)32-25-17-10-5-11-18-25/h2-11,13-18H,1,12,19-22H2. The van der Waals surface area contributed by atoms with Gasteiger partial charge in [0.1, 0.15) is 23.9 Å². The molecule has 7 heteroatoms. The second-order valence-corrected chi connectivity index (χ2v) is 9.49. The molecule has 0 fully saturated rings. The molecule has 3 aromatic rings. The van der Waals surface area contributed by atoms with Gasteiger partial charge < -0.3 is 22.8 Å². The molecule has 6 nitrogen and oxygen atoms in total. The lowest BCUT2D eigenvalue weighted by molar-refractivity contribution is -0.139. The Morgan fingerprint density at radius 3 is 1.58 bits per heavy atom. The zero-order valence-electron chi connectivity index (χ0n) is 18.4. The van der Waals surface area contributed by atoms with Crippen LogP contribution in [0.15, 0.2) is 104 Å². The third-order valence-electron chi connectivity index (χ3n) is 4.46. The van der Waals surface area contributed by atoms with Gasteiger partial charge in [-0.05, 0) is 42.8 Å². The fourth-order valence-corrected chi connectivity index (χ4v) is 5.47. The first-order valence-electron chi connectivity index (χ1n) is 10.8. The van der Waals surface area contributed by atoms with E-state index < -0.39 is 14.8 Å². The van der Waals surface area contributed by atoms with Crippen LogP contribution in [-0.2, 0) is 14.3 Å². The van der Waals surface area contributed by atoms with E-state index in [1.807, 2.05) is 91.0 Å². The molecule has 0 amide bonds. The van der Waals surface area contributed by atoms with Crippen LogP contribution in [0.1, 0.15) is 6.42 Å². The van der Waals surface area contributed by atoms with Crippen LogP contribution in [0, 0.1) is 0 Å². The van der Waals surface area contributed by atoms with E-state index in [2.05, 4.69) is 6.58 Å². The van der Waals surface area contributed by atoms with E-state index in [1.165, 1.54) is 0 Å². The van der Waals surface area contributed by atoms with Gasteiger partial charge in [0.2, 0.25) is 0 Å². The van der Waals surface area contributed by atoms with Gasteiger partial charge in [-0.1, -0.05) is 61.2 Å². The van der Waals surface area contributed by atoms with Crippen molar-refractivity contribution in [1.29, 1.82) is 0 Å². The molecule has 0 unspecified atom stereocenters. The molecule has 0 saturated carbocycles. The Balaban J connectivity index is 1.73. The summed E-state index contributed by atoms with van der Waals surface area (Å²) in [5, 5.41) is 0. The number of rotatable bonds is 14. The lowest BCUT2D eigenvalue weighted by Crippen LogP contribution is -2.55. The number of hydrogen-bond donors (Lipinski definition) is 0. The van der Waals surface area contributed by atoms with Crippen molar-refractivity contribution in [3.63, 3.8) is 0 Å². The molecule has 0 aliphatic rings. The van der Waals surface area contributed by atoms with E-state index in [9.17, 15) is 4.79 Å². The van der Waals surface area contributed by atoms with Gasteiger partial charge in [-0.2, -0.15) is 0 Å². The topological polar surface area (TPSA) is 63.2 Å². The van der Waals surface area contributed by atoms with Crippen LogP contribution in [0.4, 0.5) is 0 Å². The van der Waals surface area contributed by atoms with Gasteiger partial charge in [0.15, 0.2) is 0 Å². The minimum atomic E-state index is -3.29. The number of carbonyl (C=O) groups is 1. The van der Waals surface area contributed by atoms with E-state index >= 15 is 0 Å². The monoisotopic (exact) mass is 464 g/mol. The van der Waals surface area contributed by atoms with Crippen LogP contribution in [0.25, 0.3) is 0 Å². The van der Waals surface area contributed by atoms with E-state index in [4.69, 9.17) is 22.8 Å². The highest BCUT2D eigenvalue weighted by Gasteiger charge is 2.48. The maximum absolute atomic E-state index is 11.1. The molecule has 0 heterocycles. The van der Waals surface area contributed by atoms with Gasteiger partial charge in [-0.3, -0.25) is 0 Å². The second-order valence-electron chi connectivity index (χ2n) is 7.02. The van der Waals surface area contributed by atoms with Gasteiger partial charge in [-0.15, -0.1) is 0 Å². The van der Waals surface area contributed by atoms with Crippen molar-refractivity contribution in [3.8, 4) is 17.2 Å². The molecule has 0 saturated heterocycles. The van der Waals surface area contributed by atoms with Gasteiger partial charge in [-0.25, -0.2) is 4.79 Å². The summed E-state index contributed by atoms with van der Waals surface area (Å²) in [6.45, 7) is 4.28. The molecule has 0 spiro atoms. The second kappa shape index (κ2) is 13.1. The van der Waals surface area contributed by atoms with Crippen LogP contribution >= 0.6 is 0 Å². The number of esters is 1. The van der Waals surface area contributed by atoms with Crippen LogP contribution in [-0.4, -0.2) is 34.6 Å². The average molecular weight is 465 g/mol. The summed E-state index contributed by atoms with van der Waals surface area (Å²) < 4.78 is 29.9. The quantitative estimate of drug-likeness (QED) is 0.140. The Labute approximate surface area is 195 Å². The lowest BCUT2D eigenvalue weighted by atomic mass is 10.3. The Hall–Kier alpha value is -3.55. The maximum atomic E-state index is 11.1. The summed E-state index contributed by atoms with van der Waals surface area (Å²) in [7, 11) is -3.29. The third-order valence-corrected chi connectivity index (χ3v) is 7.07. The third kappa shape index (κ3) is 8.48. The Bertz CT molecular complexity index is 864. The molecule has 172 valence electrons. The summed E-state index contributed by atoms with van der Waals surface area (Å²) in [5.74, 6) is 1.56. The Morgan fingerprint density at radius 2 is 1.15 bits per heavy atom. The van der Waals surface area contributed by atoms with Gasteiger partial charge >= 0.3 is 14.8 Å². The molecule has 0 aliphatic carbocycles. The van der Waals surface area contributed by atoms with E-state index in [0.29, 0.717) is 42.9 Å². The fourth-order valence-electron chi connectivity index (χ4n) is 2.97. The highest BCUT2D eigenvalue weighted by molar-refractivity contribution is 6.63. The molecule has 0 bridgehead atoms. The minimum absolute atomic E-state index is 0.176. The SMILES string of the molecule is C=CC(=O)OCCOCCC[Si](Oc1ccccc1)(Oc1ccccc1)Oc1ccccc1. The molecule has 33 heavy (non-hydrogen) atoms. The lowest BCUT2D eigenvalue weighted by Gasteiger charge is -2.30. The minimum Gasteiger partial charge on any atom is -0.483 e. The molecule has 0 radical (unpaired) electrons. The van der Waals surface area contributed by atoms with Crippen LogP contribution < -0.4 is 13.3 Å². The first-order valence-corrected chi connectivity index (χ1v) is 12.7. The predicted molar refractivity (Wildman–Crippen MR) is 128 cm³/mol. The predicted octanol–water partition coefficient (Wildman–Crippen LogP) is 5.30. The molecular weight excluding hydrogens is 436 g/mol. The van der Waals surface area contributed by atoms with Crippen molar-refractivity contribution in [1.82, 2.24) is 0 Å². The van der Waals surface area contributed by atoms with E-state index in [1.54, 1.807) is 0 Å². The molecule has 0 N–H and O–H groups in total. The number of carbonyl (C=O) groups excluding carboxylic acids is 1. The highest BCUT2D eigenvalue weighted by atomic mass is 28.4. The van der Waals surface area contributed by atoms with E-state index in [-0.39, 0.29) is 6.61 Å². The molecule has 0 atom stereocenters. The van der Waals surface area contributed by atoms with Crippen molar-refractivity contribution in [3.05, 3.63) is 104 Å². The van der Waals surface area contributed by atoms with Gasteiger partial charge in [0, 0.05) is 12.7 Å². The summed E-state index contributed by atoms with van der Waals surface area (Å²) in [5.41, 5.74) is 0. The number of ether oxygens (including phenoxy) is 2. The Morgan fingerprint density at radius 1 is 0.697 bits per heavy atom. The normalized spacial score (nSPS) is 10.8. The molecule has 3 rings (SSSR count). The molecule has 0 aliphatic heterocycles. The zero-order chi connectivity index (χ0) is 23.2. The van der Waals surface area contributed by atoms with Gasteiger partial charge in [0.05, 0.1) is 12.7 Å². The van der Waals surface area contributed by atoms with Crippen molar-refractivity contribution < 1.29 is 27.5 Å². The summed E-state index contributed by atoms with van der Waals surface area (Å²) in [4.78, 5) is 11.1. The van der Waals surface area contributed by atoms with Crippen molar-refractivity contribution in [2.24, 2.45) is 0 Å². The average Bonchev–Trinajstić information content (AvgIpc) is 2.85. The fraction of sp³-hybridized carbons (Fsp3) is 0.192. The largest absolute Gasteiger partial charge is 0.699 e. The molecule has 0 aromatic heterocycles. The number of hydrogen-bond acceptors (Lipinski definition) is 6.